The topological polar surface area (TPSA) is 71.4 Å². The summed E-state index contributed by atoms with van der Waals surface area (Å²) in [7, 11) is 0. The smallest absolute Gasteiger partial charge is 0.272 e. The highest BCUT2D eigenvalue weighted by atomic mass is 35.5. The van der Waals surface area contributed by atoms with E-state index in [9.17, 15) is 9.18 Å². The average molecular weight is 435 g/mol. The van der Waals surface area contributed by atoms with E-state index in [1.807, 2.05) is 6.07 Å². The second-order valence-corrected chi connectivity index (χ2v) is 8.04. The molecule has 1 aromatic carbocycles. The second kappa shape index (κ2) is 9.73. The third-order valence-corrected chi connectivity index (χ3v) is 5.58. The average Bonchev–Trinajstić information content (AvgIpc) is 3.15. The molecule has 0 radical (unpaired) electrons. The lowest BCUT2D eigenvalue weighted by molar-refractivity contribution is 0.0844. The van der Waals surface area contributed by atoms with E-state index in [1.165, 1.54) is 16.6 Å². The van der Waals surface area contributed by atoms with Gasteiger partial charge in [0.15, 0.2) is 5.65 Å². The van der Waals surface area contributed by atoms with E-state index in [0.717, 1.165) is 43.0 Å². The van der Waals surface area contributed by atoms with E-state index in [4.69, 9.17) is 9.72 Å². The van der Waals surface area contributed by atoms with Gasteiger partial charge in [-0.25, -0.2) is 13.9 Å². The lowest BCUT2D eigenvalue weighted by Gasteiger charge is -2.22. The third-order valence-electron chi connectivity index (χ3n) is 5.58. The van der Waals surface area contributed by atoms with Gasteiger partial charge >= 0.3 is 0 Å². The zero-order chi connectivity index (χ0) is 20.4. The van der Waals surface area contributed by atoms with Crippen LogP contribution < -0.4 is 10.9 Å². The predicted octanol–water partition coefficient (Wildman–Crippen LogP) is 3.96. The minimum absolute atomic E-state index is 0. The molecule has 162 valence electrons. The van der Waals surface area contributed by atoms with Gasteiger partial charge in [0.05, 0.1) is 11.7 Å². The van der Waals surface area contributed by atoms with Crippen molar-refractivity contribution in [3.05, 3.63) is 69.5 Å². The van der Waals surface area contributed by atoms with Crippen LogP contribution in [0.4, 0.5) is 4.39 Å². The molecular weight excluding hydrogens is 407 g/mol. The first-order valence-corrected chi connectivity index (χ1v) is 10.2. The van der Waals surface area contributed by atoms with E-state index in [-0.39, 0.29) is 35.7 Å². The lowest BCUT2D eigenvalue weighted by Crippen LogP contribution is -2.28. The fourth-order valence-corrected chi connectivity index (χ4v) is 3.92. The molecule has 30 heavy (non-hydrogen) atoms. The molecule has 3 heterocycles. The molecule has 1 aliphatic rings. The van der Waals surface area contributed by atoms with Gasteiger partial charge in [-0.2, -0.15) is 0 Å². The van der Waals surface area contributed by atoms with Crippen LogP contribution in [0.15, 0.2) is 41.2 Å². The summed E-state index contributed by atoms with van der Waals surface area (Å²) in [6.45, 7) is 6.25. The number of nitrogens with one attached hydrogen (secondary N) is 2. The van der Waals surface area contributed by atoms with Crippen molar-refractivity contribution in [2.24, 2.45) is 5.92 Å². The van der Waals surface area contributed by atoms with E-state index in [0.29, 0.717) is 18.1 Å². The molecule has 1 unspecified atom stereocenters. The molecule has 0 bridgehead atoms. The Morgan fingerprint density at radius 2 is 1.93 bits per heavy atom. The third kappa shape index (κ3) is 4.91. The first-order valence-electron chi connectivity index (χ1n) is 10.2. The van der Waals surface area contributed by atoms with Crippen molar-refractivity contribution in [2.75, 3.05) is 13.2 Å². The van der Waals surface area contributed by atoms with Crippen molar-refractivity contribution in [3.8, 4) is 0 Å². The van der Waals surface area contributed by atoms with Crippen LogP contribution in [0.1, 0.15) is 55.6 Å². The number of aromatic amines is 1. The standard InChI is InChI=1S/C22H27FN4O2.ClH/c1-14(2)22(24-13-15-3-5-17(23)6-4-15)19-12-21(28)27-20(25-19)11-18(26-27)16-7-9-29-10-8-16;/h3-6,11-12,14,16,22,24,26H,7-10,13H2,1-2H3;1H. The van der Waals surface area contributed by atoms with Gasteiger partial charge in [-0.15, -0.1) is 12.4 Å². The lowest BCUT2D eigenvalue weighted by atomic mass is 9.97. The fourth-order valence-electron chi connectivity index (χ4n) is 3.92. The number of hydrogen-bond donors (Lipinski definition) is 2. The van der Waals surface area contributed by atoms with Crippen molar-refractivity contribution in [2.45, 2.75) is 45.2 Å². The number of H-pyrrole nitrogens is 1. The van der Waals surface area contributed by atoms with Crippen LogP contribution in [0.3, 0.4) is 0 Å². The quantitative estimate of drug-likeness (QED) is 0.616. The largest absolute Gasteiger partial charge is 0.381 e. The summed E-state index contributed by atoms with van der Waals surface area (Å²) in [5.74, 6) is 0.353. The van der Waals surface area contributed by atoms with Gasteiger partial charge in [-0.05, 0) is 36.5 Å². The number of nitrogens with zero attached hydrogens (tertiary/aromatic N) is 2. The van der Waals surface area contributed by atoms with Gasteiger partial charge in [0, 0.05) is 43.5 Å². The summed E-state index contributed by atoms with van der Waals surface area (Å²) >= 11 is 0. The molecule has 2 N–H and O–H groups in total. The summed E-state index contributed by atoms with van der Waals surface area (Å²) in [6.07, 6.45) is 1.89. The minimum Gasteiger partial charge on any atom is -0.381 e. The van der Waals surface area contributed by atoms with Crippen molar-refractivity contribution in [1.29, 1.82) is 0 Å². The molecule has 0 aliphatic carbocycles. The Morgan fingerprint density at radius 1 is 1.23 bits per heavy atom. The molecule has 1 fully saturated rings. The molecule has 0 saturated carbocycles. The first-order chi connectivity index (χ1) is 14.0. The van der Waals surface area contributed by atoms with Gasteiger partial charge in [0.2, 0.25) is 0 Å². The molecule has 3 aromatic rings. The number of fused-ring (bicyclic) bond motifs is 1. The zero-order valence-electron chi connectivity index (χ0n) is 17.2. The molecule has 4 rings (SSSR count). The van der Waals surface area contributed by atoms with Gasteiger partial charge in [-0.1, -0.05) is 26.0 Å². The highest BCUT2D eigenvalue weighted by molar-refractivity contribution is 5.85. The number of ether oxygens (including phenoxy) is 1. The number of halogens is 2. The van der Waals surface area contributed by atoms with Gasteiger partial charge in [0.25, 0.3) is 5.56 Å². The first kappa shape index (κ1) is 22.5. The van der Waals surface area contributed by atoms with Crippen molar-refractivity contribution in [3.63, 3.8) is 0 Å². The van der Waals surface area contributed by atoms with E-state index in [1.54, 1.807) is 18.2 Å². The zero-order valence-corrected chi connectivity index (χ0v) is 18.0. The van der Waals surface area contributed by atoms with Crippen LogP contribution in [-0.2, 0) is 11.3 Å². The second-order valence-electron chi connectivity index (χ2n) is 8.04. The maximum atomic E-state index is 13.1. The molecule has 8 heteroatoms. The summed E-state index contributed by atoms with van der Waals surface area (Å²) in [4.78, 5) is 17.5. The summed E-state index contributed by atoms with van der Waals surface area (Å²) in [5, 5.41) is 6.70. The summed E-state index contributed by atoms with van der Waals surface area (Å²) in [5.41, 5.74) is 3.28. The molecular formula is C22H28ClFN4O2. The van der Waals surface area contributed by atoms with E-state index < -0.39 is 0 Å². The number of rotatable bonds is 6. The van der Waals surface area contributed by atoms with E-state index in [2.05, 4.69) is 24.3 Å². The Kier molecular flexibility index (Phi) is 7.28. The monoisotopic (exact) mass is 434 g/mol. The molecule has 1 atom stereocenters. The molecule has 0 spiro atoms. The van der Waals surface area contributed by atoms with Crippen LogP contribution in [0.2, 0.25) is 0 Å². The molecule has 0 amide bonds. The highest BCUT2D eigenvalue weighted by Gasteiger charge is 2.22. The maximum Gasteiger partial charge on any atom is 0.272 e. The predicted molar refractivity (Wildman–Crippen MR) is 117 cm³/mol. The molecule has 6 nitrogen and oxygen atoms in total. The minimum atomic E-state index is -0.248. The summed E-state index contributed by atoms with van der Waals surface area (Å²) in [6, 6.07) is 9.93. The van der Waals surface area contributed by atoms with Crippen LogP contribution >= 0.6 is 12.4 Å². The molecule has 1 saturated heterocycles. The highest BCUT2D eigenvalue weighted by Crippen LogP contribution is 2.27. The Hall–Kier alpha value is -2.22. The van der Waals surface area contributed by atoms with Crippen molar-refractivity contribution >= 4 is 18.1 Å². The SMILES string of the molecule is CC(C)C(NCc1ccc(F)cc1)c1cc(=O)n2[nH]c(C3CCOCC3)cc2n1.Cl. The molecule has 1 aliphatic heterocycles. The Balaban J connectivity index is 0.00000256. The Morgan fingerprint density at radius 3 is 2.60 bits per heavy atom. The number of benzene rings is 1. The normalized spacial score (nSPS) is 16.0. The number of hydrogen-bond acceptors (Lipinski definition) is 4. The van der Waals surface area contributed by atoms with Crippen LogP contribution in [0.5, 0.6) is 0 Å². The van der Waals surface area contributed by atoms with Crippen molar-refractivity contribution in [1.82, 2.24) is 19.9 Å². The van der Waals surface area contributed by atoms with Crippen LogP contribution in [0, 0.1) is 11.7 Å². The van der Waals surface area contributed by atoms with Gasteiger partial charge in [0.1, 0.15) is 5.82 Å². The Bertz CT molecular complexity index is 1030. The maximum absolute atomic E-state index is 13.1. The Labute approximate surface area is 181 Å². The summed E-state index contributed by atoms with van der Waals surface area (Å²) < 4.78 is 20.1. The molecule has 2 aromatic heterocycles. The number of aromatic nitrogens is 3. The van der Waals surface area contributed by atoms with Crippen molar-refractivity contribution < 1.29 is 9.13 Å². The van der Waals surface area contributed by atoms with E-state index >= 15 is 0 Å². The van der Waals surface area contributed by atoms with Gasteiger partial charge in [-0.3, -0.25) is 9.89 Å². The van der Waals surface area contributed by atoms with Gasteiger partial charge < -0.3 is 10.1 Å². The fraction of sp³-hybridized carbons (Fsp3) is 0.455. The van der Waals surface area contributed by atoms with Crippen LogP contribution in [0.25, 0.3) is 5.65 Å². The van der Waals surface area contributed by atoms with Crippen LogP contribution in [-0.4, -0.2) is 27.8 Å².